The van der Waals surface area contributed by atoms with Crippen molar-refractivity contribution >= 4 is 17.7 Å². The van der Waals surface area contributed by atoms with Crippen molar-refractivity contribution in [2.75, 3.05) is 13.2 Å². The summed E-state index contributed by atoms with van der Waals surface area (Å²) in [6.07, 6.45) is 3.98. The zero-order chi connectivity index (χ0) is 21.0. The molecule has 0 bridgehead atoms. The van der Waals surface area contributed by atoms with E-state index in [0.29, 0.717) is 29.9 Å². The number of carbonyl (C=O) groups excluding carboxylic acids is 3. The van der Waals surface area contributed by atoms with E-state index in [9.17, 15) is 14.4 Å². The highest BCUT2D eigenvalue weighted by Crippen LogP contribution is 2.29. The molecule has 1 heterocycles. The van der Waals surface area contributed by atoms with Crippen molar-refractivity contribution in [2.45, 2.75) is 79.8 Å². The van der Waals surface area contributed by atoms with Gasteiger partial charge in [-0.05, 0) is 59.9 Å². The first kappa shape index (κ1) is 22.2. The number of esters is 1. The van der Waals surface area contributed by atoms with Crippen LogP contribution in [0, 0.1) is 19.8 Å². The molecular weight excluding hydrogens is 356 g/mol. The third-order valence-corrected chi connectivity index (χ3v) is 5.97. The van der Waals surface area contributed by atoms with Gasteiger partial charge < -0.3 is 14.2 Å². The molecule has 0 N–H and O–H groups in total. The van der Waals surface area contributed by atoms with Crippen LogP contribution in [0.3, 0.4) is 0 Å². The number of nitrogens with zero attached hydrogens (tertiary/aromatic N) is 2. The number of amides is 1. The van der Waals surface area contributed by atoms with Crippen LogP contribution in [0.1, 0.15) is 85.5 Å². The second-order valence-corrected chi connectivity index (χ2v) is 7.54. The van der Waals surface area contributed by atoms with E-state index in [2.05, 4.69) is 0 Å². The molecule has 2 rings (SSSR count). The molecule has 1 atom stereocenters. The summed E-state index contributed by atoms with van der Waals surface area (Å²) < 4.78 is 7.03. The molecule has 1 aliphatic rings. The maximum Gasteiger partial charge on any atom is 0.355 e. The van der Waals surface area contributed by atoms with Crippen LogP contribution < -0.4 is 0 Å². The van der Waals surface area contributed by atoms with Crippen molar-refractivity contribution in [3.05, 3.63) is 22.5 Å². The Labute approximate surface area is 168 Å². The Balaban J connectivity index is 2.38. The van der Waals surface area contributed by atoms with Gasteiger partial charge in [-0.25, -0.2) is 4.79 Å². The molecule has 1 aromatic heterocycles. The molecule has 156 valence electrons. The topological polar surface area (TPSA) is 68.6 Å². The summed E-state index contributed by atoms with van der Waals surface area (Å²) >= 11 is 0. The van der Waals surface area contributed by atoms with E-state index in [4.69, 9.17) is 4.74 Å². The zero-order valence-corrected chi connectivity index (χ0v) is 18.1. The number of Topliss-reactive ketones (excluding diaryl/α,β-unsaturated/α-hetero) is 1. The lowest BCUT2D eigenvalue weighted by molar-refractivity contribution is -0.136. The van der Waals surface area contributed by atoms with Gasteiger partial charge in [-0.2, -0.15) is 0 Å². The molecule has 0 aliphatic heterocycles. The van der Waals surface area contributed by atoms with Gasteiger partial charge in [0.2, 0.25) is 5.91 Å². The fraction of sp³-hybridized carbons (Fsp3) is 0.682. The van der Waals surface area contributed by atoms with Gasteiger partial charge in [-0.3, -0.25) is 9.59 Å². The molecule has 0 radical (unpaired) electrons. The summed E-state index contributed by atoms with van der Waals surface area (Å²) in [6.45, 7) is 12.4. The van der Waals surface area contributed by atoms with E-state index in [0.717, 1.165) is 31.4 Å². The summed E-state index contributed by atoms with van der Waals surface area (Å²) in [6, 6.07) is -0.557. The van der Waals surface area contributed by atoms with Gasteiger partial charge in [0, 0.05) is 30.3 Å². The first-order valence-electron chi connectivity index (χ1n) is 10.5. The molecule has 1 fully saturated rings. The van der Waals surface area contributed by atoms with E-state index in [1.165, 1.54) is 0 Å². The van der Waals surface area contributed by atoms with Crippen molar-refractivity contribution < 1.29 is 19.1 Å². The van der Waals surface area contributed by atoms with Gasteiger partial charge in [0.25, 0.3) is 0 Å². The second kappa shape index (κ2) is 9.39. The fourth-order valence-corrected chi connectivity index (χ4v) is 4.49. The first-order chi connectivity index (χ1) is 13.3. The number of rotatable bonds is 8. The van der Waals surface area contributed by atoms with Crippen LogP contribution in [-0.4, -0.2) is 46.3 Å². The fourth-order valence-electron chi connectivity index (χ4n) is 4.49. The molecule has 0 spiro atoms. The molecule has 0 aromatic carbocycles. The molecule has 0 saturated heterocycles. The SMILES string of the molecule is CCOC(=O)c1c(C)c(C(=O)C(C)N(CC)C(=O)C2CCCC2)c(C)n1CC. The molecule has 6 nitrogen and oxygen atoms in total. The number of likely N-dealkylation sites (N-methyl/N-ethyl adjacent to an activating group) is 1. The Bertz CT molecular complexity index is 744. The highest BCUT2D eigenvalue weighted by molar-refractivity contribution is 6.06. The molecule has 1 amide bonds. The number of hydrogen-bond donors (Lipinski definition) is 0. The quantitative estimate of drug-likeness (QED) is 0.498. The minimum atomic E-state index is -0.557. The van der Waals surface area contributed by atoms with Crippen LogP contribution in [0.2, 0.25) is 0 Å². The van der Waals surface area contributed by atoms with Gasteiger partial charge in [0.1, 0.15) is 5.69 Å². The third-order valence-electron chi connectivity index (χ3n) is 5.97. The Morgan fingerprint density at radius 3 is 2.25 bits per heavy atom. The minimum Gasteiger partial charge on any atom is -0.461 e. The molecular formula is C22H34N2O4. The molecule has 6 heteroatoms. The van der Waals surface area contributed by atoms with Gasteiger partial charge in [-0.15, -0.1) is 0 Å². The second-order valence-electron chi connectivity index (χ2n) is 7.54. The lowest BCUT2D eigenvalue weighted by Crippen LogP contribution is -2.45. The van der Waals surface area contributed by atoms with Crippen LogP contribution in [-0.2, 0) is 16.1 Å². The largest absolute Gasteiger partial charge is 0.461 e. The minimum absolute atomic E-state index is 0.0349. The van der Waals surface area contributed by atoms with Crippen molar-refractivity contribution in [2.24, 2.45) is 5.92 Å². The van der Waals surface area contributed by atoms with E-state index in [-0.39, 0.29) is 24.2 Å². The van der Waals surface area contributed by atoms with Gasteiger partial charge >= 0.3 is 5.97 Å². The number of hydrogen-bond acceptors (Lipinski definition) is 4. The third kappa shape index (κ3) is 4.01. The molecule has 1 aromatic rings. The smallest absolute Gasteiger partial charge is 0.355 e. The number of ketones is 1. The van der Waals surface area contributed by atoms with Crippen LogP contribution in [0.4, 0.5) is 0 Å². The van der Waals surface area contributed by atoms with Crippen LogP contribution in [0.5, 0.6) is 0 Å². The Morgan fingerprint density at radius 2 is 1.75 bits per heavy atom. The summed E-state index contributed by atoms with van der Waals surface area (Å²) in [5, 5.41) is 0. The number of ether oxygens (including phenoxy) is 1. The summed E-state index contributed by atoms with van der Waals surface area (Å²) in [5.41, 5.74) is 2.36. The van der Waals surface area contributed by atoms with Gasteiger partial charge in [0.15, 0.2) is 5.78 Å². The lowest BCUT2D eigenvalue weighted by Gasteiger charge is -2.29. The Morgan fingerprint density at radius 1 is 1.14 bits per heavy atom. The van der Waals surface area contributed by atoms with Gasteiger partial charge in [0.05, 0.1) is 12.6 Å². The van der Waals surface area contributed by atoms with E-state index < -0.39 is 12.0 Å². The summed E-state index contributed by atoms with van der Waals surface area (Å²) in [7, 11) is 0. The van der Waals surface area contributed by atoms with Crippen molar-refractivity contribution in [3.63, 3.8) is 0 Å². The first-order valence-corrected chi connectivity index (χ1v) is 10.5. The highest BCUT2D eigenvalue weighted by Gasteiger charge is 2.35. The lowest BCUT2D eigenvalue weighted by atomic mass is 9.98. The average Bonchev–Trinajstić information content (AvgIpc) is 3.28. The van der Waals surface area contributed by atoms with Crippen molar-refractivity contribution in [1.82, 2.24) is 9.47 Å². The summed E-state index contributed by atoms with van der Waals surface area (Å²) in [5.74, 6) is -0.406. The normalized spacial score (nSPS) is 15.5. The van der Waals surface area contributed by atoms with Gasteiger partial charge in [-0.1, -0.05) is 12.8 Å². The zero-order valence-electron chi connectivity index (χ0n) is 18.1. The van der Waals surface area contributed by atoms with Crippen molar-refractivity contribution in [1.29, 1.82) is 0 Å². The van der Waals surface area contributed by atoms with Crippen LogP contribution in [0.25, 0.3) is 0 Å². The standard InChI is InChI=1S/C22H34N2O4/c1-7-23-15(5)18(14(4)19(23)22(27)28-9-3)20(25)16(6)24(8-2)21(26)17-12-10-11-13-17/h16-17H,7-13H2,1-6H3. The van der Waals surface area contributed by atoms with E-state index in [1.807, 2.05) is 25.3 Å². The Kier molecular flexibility index (Phi) is 7.44. The van der Waals surface area contributed by atoms with Crippen LogP contribution in [0.15, 0.2) is 0 Å². The highest BCUT2D eigenvalue weighted by atomic mass is 16.5. The predicted molar refractivity (Wildman–Crippen MR) is 109 cm³/mol. The monoisotopic (exact) mass is 390 g/mol. The van der Waals surface area contributed by atoms with E-state index in [1.54, 1.807) is 25.7 Å². The van der Waals surface area contributed by atoms with Crippen molar-refractivity contribution in [3.8, 4) is 0 Å². The predicted octanol–water partition coefficient (Wildman–Crippen LogP) is 3.91. The number of carbonyl (C=O) groups is 3. The van der Waals surface area contributed by atoms with Crippen LogP contribution >= 0.6 is 0 Å². The summed E-state index contributed by atoms with van der Waals surface area (Å²) in [4.78, 5) is 40.5. The maximum atomic E-state index is 13.4. The Hall–Kier alpha value is -2.11. The molecule has 28 heavy (non-hydrogen) atoms. The average molecular weight is 391 g/mol. The molecule has 1 saturated carbocycles. The number of aromatic nitrogens is 1. The maximum absolute atomic E-state index is 13.4. The van der Waals surface area contributed by atoms with E-state index >= 15 is 0 Å². The molecule has 1 unspecified atom stereocenters. The molecule has 1 aliphatic carbocycles.